The molecule has 0 aliphatic heterocycles. The van der Waals surface area contributed by atoms with Gasteiger partial charge in [-0.25, -0.2) is 13.6 Å². The number of esters is 1. The van der Waals surface area contributed by atoms with E-state index in [1.54, 1.807) is 6.07 Å². The molecular formula is C11H9ClF2N2O2. The fourth-order valence-corrected chi connectivity index (χ4v) is 1.57. The number of hydrogen-bond donors (Lipinski definition) is 0. The van der Waals surface area contributed by atoms with Crippen LogP contribution in [0.2, 0.25) is 0 Å². The fraction of sp³-hybridized carbons (Fsp3) is 0.364. The Labute approximate surface area is 107 Å². The van der Waals surface area contributed by atoms with Crippen LogP contribution in [-0.4, -0.2) is 17.6 Å². The smallest absolute Gasteiger partial charge is 0.341 e. The zero-order valence-corrected chi connectivity index (χ0v) is 10.2. The molecular weight excluding hydrogens is 266 g/mol. The number of carbonyl (C=O) groups excluding carboxylic acids is 1. The normalized spacial score (nSPS) is 10.2. The van der Waals surface area contributed by atoms with Gasteiger partial charge >= 0.3 is 5.97 Å². The lowest BCUT2D eigenvalue weighted by Gasteiger charge is -2.11. The van der Waals surface area contributed by atoms with Gasteiger partial charge < -0.3 is 4.74 Å². The van der Waals surface area contributed by atoms with E-state index in [0.29, 0.717) is 0 Å². The zero-order chi connectivity index (χ0) is 13.7. The molecule has 18 heavy (non-hydrogen) atoms. The lowest BCUT2D eigenvalue weighted by molar-refractivity contribution is 0.0513. The Morgan fingerprint density at radius 1 is 1.67 bits per heavy atom. The molecule has 0 N–H and O–H groups in total. The van der Waals surface area contributed by atoms with Crippen LogP contribution < -0.4 is 0 Å². The number of hydrogen-bond acceptors (Lipinski definition) is 4. The van der Waals surface area contributed by atoms with Crippen LogP contribution in [0.5, 0.6) is 0 Å². The van der Waals surface area contributed by atoms with Crippen molar-refractivity contribution in [2.24, 2.45) is 0 Å². The summed E-state index contributed by atoms with van der Waals surface area (Å²) in [6, 6.07) is 1.69. The van der Waals surface area contributed by atoms with E-state index in [1.807, 2.05) is 0 Å². The molecule has 0 unspecified atom stereocenters. The first-order valence-corrected chi connectivity index (χ1v) is 5.53. The van der Waals surface area contributed by atoms with Crippen molar-refractivity contribution in [3.05, 3.63) is 28.6 Å². The van der Waals surface area contributed by atoms with E-state index < -0.39 is 23.7 Å². The van der Waals surface area contributed by atoms with Gasteiger partial charge in [0.15, 0.2) is 0 Å². The van der Waals surface area contributed by atoms with Crippen molar-refractivity contribution < 1.29 is 18.3 Å². The van der Waals surface area contributed by atoms with Crippen LogP contribution >= 0.6 is 11.6 Å². The molecule has 4 nitrogen and oxygen atoms in total. The lowest BCUT2D eigenvalue weighted by atomic mass is 10.0. The molecule has 0 aromatic carbocycles. The summed E-state index contributed by atoms with van der Waals surface area (Å²) in [6.45, 7) is 1.54. The Bertz CT molecular complexity index is 501. The SMILES string of the molecule is CCOC(=O)c1c(C(F)F)ncc(CCl)c1C#N. The van der Waals surface area contributed by atoms with E-state index in [2.05, 4.69) is 9.72 Å². The highest BCUT2D eigenvalue weighted by atomic mass is 35.5. The van der Waals surface area contributed by atoms with Crippen LogP contribution in [0.1, 0.15) is 40.5 Å². The number of aromatic nitrogens is 1. The summed E-state index contributed by atoms with van der Waals surface area (Å²) in [5, 5.41) is 8.96. The summed E-state index contributed by atoms with van der Waals surface area (Å²) in [5.41, 5.74) is -1.27. The second kappa shape index (κ2) is 6.26. The van der Waals surface area contributed by atoms with Gasteiger partial charge in [-0.2, -0.15) is 5.26 Å². The monoisotopic (exact) mass is 274 g/mol. The number of ether oxygens (including phenoxy) is 1. The predicted octanol–water partition coefficient (Wildman–Crippen LogP) is 2.81. The molecule has 0 saturated heterocycles. The van der Waals surface area contributed by atoms with Crippen molar-refractivity contribution in [3.8, 4) is 6.07 Å². The van der Waals surface area contributed by atoms with Gasteiger partial charge in [-0.3, -0.25) is 4.98 Å². The van der Waals surface area contributed by atoms with Crippen molar-refractivity contribution in [1.29, 1.82) is 5.26 Å². The predicted molar refractivity (Wildman–Crippen MR) is 59.4 cm³/mol. The number of halogens is 3. The molecule has 0 spiro atoms. The Morgan fingerprint density at radius 2 is 2.33 bits per heavy atom. The molecule has 96 valence electrons. The minimum absolute atomic E-state index is 0.0114. The van der Waals surface area contributed by atoms with Crippen molar-refractivity contribution >= 4 is 17.6 Å². The Balaban J connectivity index is 3.49. The van der Waals surface area contributed by atoms with Gasteiger partial charge in [-0.15, -0.1) is 11.6 Å². The van der Waals surface area contributed by atoms with Gasteiger partial charge in [-0.1, -0.05) is 0 Å². The quantitative estimate of drug-likeness (QED) is 0.625. The van der Waals surface area contributed by atoms with Gasteiger partial charge in [0, 0.05) is 11.8 Å². The van der Waals surface area contributed by atoms with E-state index in [4.69, 9.17) is 16.9 Å². The molecule has 0 saturated carbocycles. The number of alkyl halides is 3. The molecule has 1 aromatic rings. The lowest BCUT2D eigenvalue weighted by Crippen LogP contribution is -2.14. The summed E-state index contributed by atoms with van der Waals surface area (Å²) >= 11 is 5.57. The van der Waals surface area contributed by atoms with Gasteiger partial charge in [0.05, 0.1) is 18.1 Å². The number of nitrogens with zero attached hydrogens (tertiary/aromatic N) is 2. The first-order chi connectivity index (χ1) is 8.56. The summed E-state index contributed by atoms with van der Waals surface area (Å²) in [7, 11) is 0. The highest BCUT2D eigenvalue weighted by molar-refractivity contribution is 6.17. The molecule has 0 radical (unpaired) electrons. The first kappa shape index (κ1) is 14.3. The molecule has 1 aromatic heterocycles. The van der Waals surface area contributed by atoms with Crippen molar-refractivity contribution in [3.63, 3.8) is 0 Å². The summed E-state index contributed by atoms with van der Waals surface area (Å²) in [6.07, 6.45) is -1.91. The third-order valence-electron chi connectivity index (χ3n) is 2.13. The van der Waals surface area contributed by atoms with Crippen LogP contribution in [0.3, 0.4) is 0 Å². The van der Waals surface area contributed by atoms with Crippen molar-refractivity contribution in [2.45, 2.75) is 19.2 Å². The van der Waals surface area contributed by atoms with Crippen LogP contribution in [0.15, 0.2) is 6.20 Å². The molecule has 0 fully saturated rings. The number of carbonyl (C=O) groups is 1. The summed E-state index contributed by atoms with van der Waals surface area (Å²) in [5.74, 6) is -1.10. The molecule has 7 heteroatoms. The molecule has 1 heterocycles. The molecule has 0 atom stereocenters. The van der Waals surface area contributed by atoms with Gasteiger partial charge in [0.25, 0.3) is 6.43 Å². The third-order valence-corrected chi connectivity index (χ3v) is 2.42. The summed E-state index contributed by atoms with van der Waals surface area (Å²) < 4.78 is 30.2. The average Bonchev–Trinajstić information content (AvgIpc) is 2.36. The largest absolute Gasteiger partial charge is 0.462 e. The van der Waals surface area contributed by atoms with Crippen LogP contribution in [0.25, 0.3) is 0 Å². The van der Waals surface area contributed by atoms with Gasteiger partial charge in [-0.05, 0) is 6.92 Å². The van der Waals surface area contributed by atoms with E-state index >= 15 is 0 Å². The number of rotatable bonds is 4. The fourth-order valence-electron chi connectivity index (χ4n) is 1.37. The molecule has 0 aliphatic carbocycles. The van der Waals surface area contributed by atoms with Gasteiger partial charge in [0.1, 0.15) is 17.3 Å². The van der Waals surface area contributed by atoms with E-state index in [0.717, 1.165) is 6.20 Å². The standard InChI is InChI=1S/C11H9ClF2N2O2/c1-2-18-11(17)8-7(4-15)6(3-12)5-16-9(8)10(13)14/h5,10H,2-3H2,1H3. The van der Waals surface area contributed by atoms with Gasteiger partial charge in [0.2, 0.25) is 0 Å². The second-order valence-corrected chi connectivity index (χ2v) is 3.45. The maximum atomic E-state index is 12.8. The highest BCUT2D eigenvalue weighted by Crippen LogP contribution is 2.26. The minimum atomic E-state index is -2.97. The number of nitriles is 1. The Morgan fingerprint density at radius 3 is 2.78 bits per heavy atom. The summed E-state index contributed by atoms with van der Waals surface area (Å²) in [4.78, 5) is 15.1. The van der Waals surface area contributed by atoms with E-state index in [1.165, 1.54) is 6.92 Å². The maximum Gasteiger partial charge on any atom is 0.341 e. The number of pyridine rings is 1. The van der Waals surface area contributed by atoms with Crippen LogP contribution in [-0.2, 0) is 10.6 Å². The maximum absolute atomic E-state index is 12.8. The Kier molecular flexibility index (Phi) is 4.98. The molecule has 1 rings (SSSR count). The molecule has 0 bridgehead atoms. The third kappa shape index (κ3) is 2.74. The van der Waals surface area contributed by atoms with Crippen LogP contribution in [0, 0.1) is 11.3 Å². The minimum Gasteiger partial charge on any atom is -0.462 e. The van der Waals surface area contributed by atoms with Crippen molar-refractivity contribution in [2.75, 3.05) is 6.61 Å². The molecule has 0 amide bonds. The topological polar surface area (TPSA) is 63.0 Å². The average molecular weight is 275 g/mol. The van der Waals surface area contributed by atoms with Crippen LogP contribution in [0.4, 0.5) is 8.78 Å². The zero-order valence-electron chi connectivity index (χ0n) is 9.41. The first-order valence-electron chi connectivity index (χ1n) is 4.99. The van der Waals surface area contributed by atoms with Crippen molar-refractivity contribution in [1.82, 2.24) is 4.98 Å². The van der Waals surface area contributed by atoms with E-state index in [-0.39, 0.29) is 23.6 Å². The Hall–Kier alpha value is -1.74. The van der Waals surface area contributed by atoms with E-state index in [9.17, 15) is 13.6 Å². The molecule has 0 aliphatic rings. The highest BCUT2D eigenvalue weighted by Gasteiger charge is 2.26. The second-order valence-electron chi connectivity index (χ2n) is 3.19.